The Hall–Kier alpha value is -2.49. The first kappa shape index (κ1) is 14.4. The molecule has 2 aromatic rings. The van der Waals surface area contributed by atoms with Crippen LogP contribution < -0.4 is 15.4 Å². The number of carbonyl (C=O) groups excluding carboxylic acids is 1. The van der Waals surface area contributed by atoms with E-state index >= 15 is 0 Å². The van der Waals surface area contributed by atoms with E-state index in [1.54, 1.807) is 12.1 Å². The maximum absolute atomic E-state index is 11.1. The van der Waals surface area contributed by atoms with Gasteiger partial charge in [0.15, 0.2) is 0 Å². The number of fused-ring (bicyclic) bond motifs is 1. The summed E-state index contributed by atoms with van der Waals surface area (Å²) in [6, 6.07) is 13.7. The Bertz CT molecular complexity index is 695. The number of anilines is 1. The van der Waals surface area contributed by atoms with Crippen molar-refractivity contribution in [2.24, 2.45) is 5.73 Å². The van der Waals surface area contributed by atoms with E-state index in [0.29, 0.717) is 5.56 Å². The fraction of sp³-hybridized carbons (Fsp3) is 0.278. The lowest BCUT2D eigenvalue weighted by molar-refractivity contribution is 0.100. The minimum atomic E-state index is -0.396. The van der Waals surface area contributed by atoms with Crippen LogP contribution in [-0.4, -0.2) is 18.6 Å². The van der Waals surface area contributed by atoms with Gasteiger partial charge in [-0.1, -0.05) is 18.2 Å². The van der Waals surface area contributed by atoms with Crippen molar-refractivity contribution in [2.75, 3.05) is 11.4 Å². The van der Waals surface area contributed by atoms with Gasteiger partial charge in [0.1, 0.15) is 11.9 Å². The highest BCUT2D eigenvalue weighted by atomic mass is 16.5. The van der Waals surface area contributed by atoms with Crippen LogP contribution in [0, 0.1) is 6.92 Å². The number of nitrogens with two attached hydrogens (primary N) is 1. The quantitative estimate of drug-likeness (QED) is 0.947. The van der Waals surface area contributed by atoms with Gasteiger partial charge in [-0.15, -0.1) is 0 Å². The normalized spacial score (nSPS) is 16.8. The van der Waals surface area contributed by atoms with Crippen LogP contribution in [0.25, 0.3) is 0 Å². The van der Waals surface area contributed by atoms with E-state index in [1.807, 2.05) is 12.1 Å². The lowest BCUT2D eigenvalue weighted by Gasteiger charge is -2.35. The molecule has 0 aliphatic carbocycles. The van der Waals surface area contributed by atoms with Crippen LogP contribution in [0.15, 0.2) is 42.5 Å². The van der Waals surface area contributed by atoms with E-state index in [1.165, 1.54) is 5.56 Å². The van der Waals surface area contributed by atoms with Crippen molar-refractivity contribution < 1.29 is 9.53 Å². The third kappa shape index (κ3) is 2.91. The molecule has 1 aliphatic rings. The van der Waals surface area contributed by atoms with E-state index in [2.05, 4.69) is 36.9 Å². The maximum Gasteiger partial charge on any atom is 0.248 e. The number of ether oxygens (including phenoxy) is 1. The molecule has 22 heavy (non-hydrogen) atoms. The first-order valence-electron chi connectivity index (χ1n) is 7.44. The highest BCUT2D eigenvalue weighted by Gasteiger charge is 2.22. The molecule has 3 rings (SSSR count). The summed E-state index contributed by atoms with van der Waals surface area (Å²) in [5.74, 6) is 0.542. The lowest BCUT2D eigenvalue weighted by atomic mass is 10.1. The first-order chi connectivity index (χ1) is 10.5. The van der Waals surface area contributed by atoms with Gasteiger partial charge in [-0.05, 0) is 49.2 Å². The number of aryl methyl sites for hydroxylation is 1. The lowest BCUT2D eigenvalue weighted by Crippen LogP contribution is -2.38. The highest BCUT2D eigenvalue weighted by Crippen LogP contribution is 2.35. The van der Waals surface area contributed by atoms with Crippen molar-refractivity contribution in [1.82, 2.24) is 0 Å². The van der Waals surface area contributed by atoms with Gasteiger partial charge >= 0.3 is 0 Å². The molecule has 1 atom stereocenters. The Morgan fingerprint density at radius 1 is 1.27 bits per heavy atom. The summed E-state index contributed by atoms with van der Waals surface area (Å²) in [6.45, 7) is 5.76. The fourth-order valence-corrected chi connectivity index (χ4v) is 2.78. The topological polar surface area (TPSA) is 55.6 Å². The largest absolute Gasteiger partial charge is 0.487 e. The Labute approximate surface area is 130 Å². The van der Waals surface area contributed by atoms with E-state index in [-0.39, 0.29) is 6.10 Å². The Balaban J connectivity index is 1.85. The zero-order valence-corrected chi connectivity index (χ0v) is 12.9. The minimum Gasteiger partial charge on any atom is -0.487 e. The molecular formula is C18H20N2O2. The van der Waals surface area contributed by atoms with Gasteiger partial charge in [0.25, 0.3) is 0 Å². The molecule has 0 saturated heterocycles. The summed E-state index contributed by atoms with van der Waals surface area (Å²) in [6.07, 6.45) is 0.152. The SMILES string of the molecule is Cc1ccc2c(c1)OC(C)CN2Cc1ccc(C(N)=O)cc1. The third-order valence-electron chi connectivity index (χ3n) is 3.87. The minimum absolute atomic E-state index is 0.152. The van der Waals surface area contributed by atoms with Crippen molar-refractivity contribution in [2.45, 2.75) is 26.5 Å². The second kappa shape index (κ2) is 5.72. The molecule has 2 N–H and O–H groups in total. The maximum atomic E-state index is 11.1. The highest BCUT2D eigenvalue weighted by molar-refractivity contribution is 5.92. The van der Waals surface area contributed by atoms with E-state index in [4.69, 9.17) is 10.5 Å². The Kier molecular flexibility index (Phi) is 3.75. The third-order valence-corrected chi connectivity index (χ3v) is 3.87. The van der Waals surface area contributed by atoms with Crippen LogP contribution in [0.4, 0.5) is 5.69 Å². The van der Waals surface area contributed by atoms with Crippen LogP contribution in [0.2, 0.25) is 0 Å². The van der Waals surface area contributed by atoms with Crippen molar-refractivity contribution >= 4 is 11.6 Å². The van der Waals surface area contributed by atoms with Crippen LogP contribution in [-0.2, 0) is 6.54 Å². The molecule has 0 saturated carbocycles. The van der Waals surface area contributed by atoms with Gasteiger partial charge in [0, 0.05) is 12.1 Å². The average Bonchev–Trinajstić information content (AvgIpc) is 2.47. The summed E-state index contributed by atoms with van der Waals surface area (Å²) in [4.78, 5) is 13.4. The number of benzene rings is 2. The number of nitrogens with zero attached hydrogens (tertiary/aromatic N) is 1. The molecule has 1 heterocycles. The molecule has 1 amide bonds. The van der Waals surface area contributed by atoms with Crippen molar-refractivity contribution in [3.8, 4) is 5.75 Å². The zero-order valence-electron chi connectivity index (χ0n) is 12.9. The number of rotatable bonds is 3. The summed E-state index contributed by atoms with van der Waals surface area (Å²) < 4.78 is 5.93. The van der Waals surface area contributed by atoms with Crippen molar-refractivity contribution in [1.29, 1.82) is 0 Å². The van der Waals surface area contributed by atoms with Gasteiger partial charge in [-0.2, -0.15) is 0 Å². The monoisotopic (exact) mass is 296 g/mol. The number of hydrogen-bond donors (Lipinski definition) is 1. The Morgan fingerprint density at radius 2 is 2.00 bits per heavy atom. The molecule has 0 fully saturated rings. The van der Waals surface area contributed by atoms with Crippen LogP contribution in [0.1, 0.15) is 28.4 Å². The zero-order chi connectivity index (χ0) is 15.7. The molecule has 0 bridgehead atoms. The standard InChI is InChI=1S/C18H20N2O2/c1-12-3-8-16-17(9-12)22-13(2)10-20(16)11-14-4-6-15(7-5-14)18(19)21/h3-9,13H,10-11H2,1-2H3,(H2,19,21). The predicted molar refractivity (Wildman–Crippen MR) is 87.3 cm³/mol. The van der Waals surface area contributed by atoms with Gasteiger partial charge in [0.2, 0.25) is 5.91 Å². The van der Waals surface area contributed by atoms with Gasteiger partial charge in [-0.25, -0.2) is 0 Å². The molecule has 1 aliphatic heterocycles. The molecule has 0 aromatic heterocycles. The van der Waals surface area contributed by atoms with Crippen molar-refractivity contribution in [3.05, 3.63) is 59.2 Å². The van der Waals surface area contributed by atoms with Gasteiger partial charge < -0.3 is 15.4 Å². The summed E-state index contributed by atoms with van der Waals surface area (Å²) in [5, 5.41) is 0. The number of amides is 1. The molecule has 114 valence electrons. The predicted octanol–water partition coefficient (Wildman–Crippen LogP) is 2.88. The summed E-state index contributed by atoms with van der Waals surface area (Å²) in [7, 11) is 0. The van der Waals surface area contributed by atoms with Crippen molar-refractivity contribution in [3.63, 3.8) is 0 Å². The molecule has 0 spiro atoms. The molecule has 0 radical (unpaired) electrons. The summed E-state index contributed by atoms with van der Waals surface area (Å²) in [5.41, 5.74) is 9.27. The van der Waals surface area contributed by atoms with Crippen LogP contribution in [0.3, 0.4) is 0 Å². The average molecular weight is 296 g/mol. The second-order valence-corrected chi connectivity index (χ2v) is 5.84. The molecule has 1 unspecified atom stereocenters. The van der Waals surface area contributed by atoms with E-state index < -0.39 is 5.91 Å². The van der Waals surface area contributed by atoms with Gasteiger partial charge in [0.05, 0.1) is 12.2 Å². The van der Waals surface area contributed by atoms with Gasteiger partial charge in [-0.3, -0.25) is 4.79 Å². The van der Waals surface area contributed by atoms with E-state index in [9.17, 15) is 4.79 Å². The van der Waals surface area contributed by atoms with Crippen LogP contribution >= 0.6 is 0 Å². The van der Waals surface area contributed by atoms with E-state index in [0.717, 1.165) is 30.1 Å². The Morgan fingerprint density at radius 3 is 2.68 bits per heavy atom. The molecular weight excluding hydrogens is 276 g/mol. The molecule has 4 heteroatoms. The smallest absolute Gasteiger partial charge is 0.248 e. The second-order valence-electron chi connectivity index (χ2n) is 5.84. The van der Waals surface area contributed by atoms with Crippen LogP contribution in [0.5, 0.6) is 5.75 Å². The fourth-order valence-electron chi connectivity index (χ4n) is 2.78. The number of hydrogen-bond acceptors (Lipinski definition) is 3. The first-order valence-corrected chi connectivity index (χ1v) is 7.44. The molecule has 2 aromatic carbocycles. The molecule has 4 nitrogen and oxygen atoms in total. The summed E-state index contributed by atoms with van der Waals surface area (Å²) >= 11 is 0. The number of carbonyl (C=O) groups is 1. The number of primary amides is 1.